The van der Waals surface area contributed by atoms with Crippen LogP contribution in [-0.4, -0.2) is 101 Å². The lowest BCUT2D eigenvalue weighted by atomic mass is 10.1. The highest BCUT2D eigenvalue weighted by molar-refractivity contribution is 5.70. The van der Waals surface area contributed by atoms with Crippen LogP contribution in [0, 0.1) is 0 Å². The molecule has 13 nitrogen and oxygen atoms in total. The van der Waals surface area contributed by atoms with Crippen LogP contribution in [0.5, 0.6) is 0 Å². The Bertz CT molecular complexity index is 1310. The summed E-state index contributed by atoms with van der Waals surface area (Å²) in [4.78, 5) is 54.6. The van der Waals surface area contributed by atoms with Gasteiger partial charge in [-0.1, -0.05) is 62.9 Å². The molecule has 328 valence electrons. The van der Waals surface area contributed by atoms with Crippen LogP contribution in [0.25, 0.3) is 0 Å². The molecule has 0 fully saturated rings. The molecule has 13 heteroatoms. The van der Waals surface area contributed by atoms with E-state index in [4.69, 9.17) is 23.7 Å². The van der Waals surface area contributed by atoms with Crippen LogP contribution in [0.15, 0.2) is 30.3 Å². The van der Waals surface area contributed by atoms with Crippen molar-refractivity contribution in [3.63, 3.8) is 0 Å². The molecule has 0 aliphatic carbocycles. The molecule has 0 bridgehead atoms. The average Bonchev–Trinajstić information content (AvgIpc) is 3.05. The van der Waals surface area contributed by atoms with E-state index in [1.54, 1.807) is 9.80 Å². The van der Waals surface area contributed by atoms with Crippen molar-refractivity contribution in [3.8, 4) is 0 Å². The molecule has 0 saturated carbocycles. The Morgan fingerprint density at radius 3 is 1.63 bits per heavy atom. The zero-order valence-corrected chi connectivity index (χ0v) is 37.7. The van der Waals surface area contributed by atoms with Gasteiger partial charge in [-0.15, -0.1) is 0 Å². The third-order valence-electron chi connectivity index (χ3n) is 8.19. The van der Waals surface area contributed by atoms with Crippen molar-refractivity contribution in [2.45, 2.75) is 189 Å². The second-order valence-electron chi connectivity index (χ2n) is 18.7. The maximum atomic E-state index is 13.6. The summed E-state index contributed by atoms with van der Waals surface area (Å²) in [7, 11) is 0. The number of carbonyl (C=O) groups is 4. The molecule has 4 amide bonds. The quantitative estimate of drug-likeness (QED) is 0.0864. The van der Waals surface area contributed by atoms with Crippen molar-refractivity contribution < 1.29 is 42.9 Å². The van der Waals surface area contributed by atoms with E-state index in [9.17, 15) is 19.2 Å². The lowest BCUT2D eigenvalue weighted by Crippen LogP contribution is -2.50. The molecule has 1 rings (SSSR count). The Morgan fingerprint density at radius 2 is 1.09 bits per heavy atom. The molecule has 2 N–H and O–H groups in total. The minimum absolute atomic E-state index is 0.240. The number of benzene rings is 1. The summed E-state index contributed by atoms with van der Waals surface area (Å²) in [6, 6.07) is 9.60. The molecular weight excluding hydrogens is 729 g/mol. The molecule has 0 spiro atoms. The fraction of sp³-hybridized carbons (Fsp3) is 0.773. The van der Waals surface area contributed by atoms with Crippen molar-refractivity contribution in [2.24, 2.45) is 0 Å². The molecule has 0 aromatic heterocycles. The lowest BCUT2D eigenvalue weighted by Gasteiger charge is -2.33. The normalized spacial score (nSPS) is 13.2. The third-order valence-corrected chi connectivity index (χ3v) is 8.19. The Kier molecular flexibility index (Phi) is 22.4. The van der Waals surface area contributed by atoms with Gasteiger partial charge >= 0.3 is 24.4 Å². The van der Waals surface area contributed by atoms with Gasteiger partial charge in [0.1, 0.15) is 22.4 Å². The number of rotatable bonds is 22. The zero-order chi connectivity index (χ0) is 43.3. The molecule has 1 aromatic rings. The number of nitrogens with zero attached hydrogens (tertiary/aromatic N) is 2. The molecule has 0 aliphatic rings. The van der Waals surface area contributed by atoms with Gasteiger partial charge in [0.15, 0.2) is 0 Å². The van der Waals surface area contributed by atoms with E-state index in [0.717, 1.165) is 50.5 Å². The van der Waals surface area contributed by atoms with Gasteiger partial charge in [0.25, 0.3) is 0 Å². The molecule has 2 unspecified atom stereocenters. The van der Waals surface area contributed by atoms with Gasteiger partial charge in [0.05, 0.1) is 19.3 Å². The number of carbonyl (C=O) groups excluding carboxylic acids is 4. The van der Waals surface area contributed by atoms with Crippen molar-refractivity contribution in [3.05, 3.63) is 35.9 Å². The first-order valence-electron chi connectivity index (χ1n) is 20.9. The summed E-state index contributed by atoms with van der Waals surface area (Å²) in [6.45, 7) is 26.5. The summed E-state index contributed by atoms with van der Waals surface area (Å²) in [5.41, 5.74) is -1.46. The minimum atomic E-state index is -0.700. The molecule has 0 aliphatic heterocycles. The smallest absolute Gasteiger partial charge is 0.410 e. The molecule has 0 saturated heterocycles. The first-order chi connectivity index (χ1) is 26.4. The van der Waals surface area contributed by atoms with Crippen molar-refractivity contribution in [1.82, 2.24) is 20.4 Å². The first kappa shape index (κ1) is 51.3. The summed E-state index contributed by atoms with van der Waals surface area (Å²) in [6.07, 6.45) is 5.28. The predicted octanol–water partition coefficient (Wildman–Crippen LogP) is 9.99. The highest BCUT2D eigenvalue weighted by Gasteiger charge is 2.29. The average molecular weight is 807 g/mol. The van der Waals surface area contributed by atoms with Gasteiger partial charge in [-0.2, -0.15) is 0 Å². The van der Waals surface area contributed by atoms with Crippen LogP contribution in [0.2, 0.25) is 0 Å². The van der Waals surface area contributed by atoms with E-state index < -0.39 is 40.7 Å². The Balaban J connectivity index is 2.87. The lowest BCUT2D eigenvalue weighted by molar-refractivity contribution is -0.0134. The SMILES string of the molecule is CCC(CN(CC(CCCCCCCN(CCCCNC(=O)OC(C)(C)C)C(=O)OC(C)(C)C)OCc1ccccc1)C(=O)OC(C)(C)C)NC(=O)OC(C)(C)C. The number of hydrogen-bond donors (Lipinski definition) is 2. The maximum Gasteiger partial charge on any atom is 0.410 e. The van der Waals surface area contributed by atoms with Crippen molar-refractivity contribution in [1.29, 1.82) is 0 Å². The van der Waals surface area contributed by atoms with Crippen LogP contribution in [0.1, 0.15) is 153 Å². The van der Waals surface area contributed by atoms with Crippen LogP contribution >= 0.6 is 0 Å². The Hall–Kier alpha value is -3.74. The van der Waals surface area contributed by atoms with Gasteiger partial charge in [-0.25, -0.2) is 19.2 Å². The molecule has 2 atom stereocenters. The monoisotopic (exact) mass is 807 g/mol. The summed E-state index contributed by atoms with van der Waals surface area (Å²) < 4.78 is 28.8. The van der Waals surface area contributed by atoms with E-state index in [-0.39, 0.29) is 24.8 Å². The summed E-state index contributed by atoms with van der Waals surface area (Å²) in [5.74, 6) is 0. The Labute approximate surface area is 344 Å². The van der Waals surface area contributed by atoms with Crippen LogP contribution in [0.4, 0.5) is 19.2 Å². The van der Waals surface area contributed by atoms with Crippen LogP contribution < -0.4 is 10.6 Å². The van der Waals surface area contributed by atoms with Gasteiger partial charge in [0.2, 0.25) is 0 Å². The van der Waals surface area contributed by atoms with E-state index >= 15 is 0 Å². The third kappa shape index (κ3) is 27.5. The standard InChI is InChI=1S/C44H78N4O9/c1-14-35(46-38(50)55-42(5,6)7)31-48(40(52)57-44(11,12)13)32-36(53-33-34-25-19-18-20-26-34)27-21-16-15-17-23-29-47(39(51)56-43(8,9)10)30-24-22-28-45-37(49)54-41(2,3)4/h18-20,25-26,35-36H,14-17,21-24,27-33H2,1-13H3,(H,45,49)(H,46,50). The second-order valence-corrected chi connectivity index (χ2v) is 18.7. The summed E-state index contributed by atoms with van der Waals surface area (Å²) in [5, 5.41) is 5.70. The second kappa shape index (κ2) is 24.9. The summed E-state index contributed by atoms with van der Waals surface area (Å²) >= 11 is 0. The fourth-order valence-electron chi connectivity index (χ4n) is 5.59. The number of amides is 4. The molecular formula is C44H78N4O9. The first-order valence-corrected chi connectivity index (χ1v) is 20.9. The van der Waals surface area contributed by atoms with Gasteiger partial charge < -0.3 is 44.1 Å². The van der Waals surface area contributed by atoms with Gasteiger partial charge in [-0.05, 0) is 121 Å². The number of ether oxygens (including phenoxy) is 5. The van der Waals surface area contributed by atoms with Crippen LogP contribution in [-0.2, 0) is 30.3 Å². The van der Waals surface area contributed by atoms with Crippen molar-refractivity contribution >= 4 is 24.4 Å². The maximum absolute atomic E-state index is 13.6. The predicted molar refractivity (Wildman–Crippen MR) is 225 cm³/mol. The van der Waals surface area contributed by atoms with E-state index in [0.29, 0.717) is 45.6 Å². The number of hydrogen-bond acceptors (Lipinski definition) is 9. The Morgan fingerprint density at radius 1 is 0.596 bits per heavy atom. The zero-order valence-electron chi connectivity index (χ0n) is 37.7. The van der Waals surface area contributed by atoms with E-state index in [1.807, 2.05) is 120 Å². The van der Waals surface area contributed by atoms with E-state index in [2.05, 4.69) is 10.6 Å². The topological polar surface area (TPSA) is 145 Å². The largest absolute Gasteiger partial charge is 0.444 e. The van der Waals surface area contributed by atoms with Gasteiger partial charge in [0, 0.05) is 32.2 Å². The van der Waals surface area contributed by atoms with Gasteiger partial charge in [-0.3, -0.25) is 0 Å². The molecule has 0 heterocycles. The molecule has 1 aromatic carbocycles. The molecule has 57 heavy (non-hydrogen) atoms. The number of nitrogens with one attached hydrogen (secondary N) is 2. The van der Waals surface area contributed by atoms with E-state index in [1.165, 1.54) is 0 Å². The highest BCUT2D eigenvalue weighted by atomic mass is 16.6. The van der Waals surface area contributed by atoms with Crippen molar-refractivity contribution in [2.75, 3.05) is 32.7 Å². The number of alkyl carbamates (subject to hydrolysis) is 2. The number of unbranched alkanes of at least 4 members (excludes halogenated alkanes) is 5. The van der Waals surface area contributed by atoms with Crippen LogP contribution in [0.3, 0.4) is 0 Å². The molecule has 0 radical (unpaired) electrons. The fourth-order valence-corrected chi connectivity index (χ4v) is 5.59. The minimum Gasteiger partial charge on any atom is -0.444 e. The highest BCUT2D eigenvalue weighted by Crippen LogP contribution is 2.18.